The summed E-state index contributed by atoms with van der Waals surface area (Å²) in [5.74, 6) is 0.709. The van der Waals surface area contributed by atoms with Gasteiger partial charge in [-0.05, 0) is 107 Å². The second kappa shape index (κ2) is 14.1. The van der Waals surface area contributed by atoms with E-state index in [0.717, 1.165) is 39.2 Å². The minimum Gasteiger partial charge on any atom is -0.228 e. The van der Waals surface area contributed by atoms with Gasteiger partial charge in [0, 0.05) is 16.7 Å². The van der Waals surface area contributed by atoms with E-state index in [1.165, 1.54) is 65.3 Å². The predicted molar refractivity (Wildman–Crippen MR) is 245 cm³/mol. The average molecular weight is 737 g/mol. The lowest BCUT2D eigenvalue weighted by molar-refractivity contribution is 1.18. The molecule has 0 amide bonds. The molecule has 0 saturated carbocycles. The maximum atomic E-state index is 5.10. The Kier molecular flexibility index (Phi) is 8.19. The van der Waals surface area contributed by atoms with Gasteiger partial charge in [-0.25, -0.2) is 9.97 Å². The molecule has 0 atom stereocenters. The molecule has 10 aromatic carbocycles. The van der Waals surface area contributed by atoms with Crippen molar-refractivity contribution in [1.82, 2.24) is 9.97 Å². The summed E-state index contributed by atoms with van der Waals surface area (Å²) >= 11 is 0. The summed E-state index contributed by atoms with van der Waals surface area (Å²) in [6.07, 6.45) is 0. The highest BCUT2D eigenvalue weighted by molar-refractivity contribution is 6.20. The maximum Gasteiger partial charge on any atom is 0.160 e. The second-order valence-electron chi connectivity index (χ2n) is 15.0. The third-order valence-corrected chi connectivity index (χ3v) is 11.4. The van der Waals surface area contributed by atoms with E-state index in [1.54, 1.807) is 0 Å². The Bertz CT molecular complexity index is 3310. The van der Waals surface area contributed by atoms with Crippen LogP contribution in [0.15, 0.2) is 218 Å². The fraction of sp³-hybridized carbons (Fsp3) is 0. The fourth-order valence-corrected chi connectivity index (χ4v) is 8.49. The Balaban J connectivity index is 0.951. The van der Waals surface area contributed by atoms with Crippen molar-refractivity contribution in [2.75, 3.05) is 0 Å². The zero-order valence-electron chi connectivity index (χ0n) is 31.7. The van der Waals surface area contributed by atoms with Crippen LogP contribution in [0.3, 0.4) is 0 Å². The highest BCUT2D eigenvalue weighted by Crippen LogP contribution is 2.41. The number of fused-ring (bicyclic) bond motifs is 5. The van der Waals surface area contributed by atoms with Crippen LogP contribution in [0.25, 0.3) is 110 Å². The molecular weight excluding hydrogens is 701 g/mol. The lowest BCUT2D eigenvalue weighted by Gasteiger charge is -2.15. The van der Waals surface area contributed by atoms with Gasteiger partial charge in [-0.3, -0.25) is 0 Å². The van der Waals surface area contributed by atoms with Gasteiger partial charge in [-0.2, -0.15) is 0 Å². The van der Waals surface area contributed by atoms with E-state index < -0.39 is 0 Å². The van der Waals surface area contributed by atoms with Crippen LogP contribution in [0, 0.1) is 0 Å². The lowest BCUT2D eigenvalue weighted by Crippen LogP contribution is -1.96. The number of hydrogen-bond donors (Lipinski definition) is 0. The molecule has 11 rings (SSSR count). The van der Waals surface area contributed by atoms with Crippen molar-refractivity contribution in [2.45, 2.75) is 0 Å². The summed E-state index contributed by atoms with van der Waals surface area (Å²) in [4.78, 5) is 10.2. The van der Waals surface area contributed by atoms with E-state index in [1.807, 2.05) is 24.3 Å². The summed E-state index contributed by atoms with van der Waals surface area (Å²) < 4.78 is 0. The molecule has 0 aliphatic rings. The number of nitrogens with zero attached hydrogens (tertiary/aromatic N) is 2. The molecule has 0 unspecified atom stereocenters. The van der Waals surface area contributed by atoms with Crippen LogP contribution in [0.2, 0.25) is 0 Å². The zero-order valence-corrected chi connectivity index (χ0v) is 31.7. The minimum atomic E-state index is 0.709. The molecule has 2 nitrogen and oxygen atoms in total. The van der Waals surface area contributed by atoms with E-state index in [4.69, 9.17) is 9.97 Å². The molecule has 0 spiro atoms. The first-order valence-corrected chi connectivity index (χ1v) is 19.8. The Hall–Kier alpha value is -7.68. The predicted octanol–water partition coefficient (Wildman–Crippen LogP) is 15.1. The van der Waals surface area contributed by atoms with Gasteiger partial charge in [0.05, 0.1) is 11.4 Å². The SMILES string of the molecule is c1ccc(-c2cccc(-c3cc(-c4ccc(-c5ccc6cc(-c7c8ccccc8cc8c7ccc7ccccc78)ccc6c5)cc4)nc(-c4ccccc4)n3)c2)cc1. The molecule has 0 fully saturated rings. The quantitative estimate of drug-likeness (QED) is 0.125. The van der Waals surface area contributed by atoms with Gasteiger partial charge >= 0.3 is 0 Å². The summed E-state index contributed by atoms with van der Waals surface area (Å²) in [6.45, 7) is 0. The number of benzene rings is 10. The van der Waals surface area contributed by atoms with Crippen molar-refractivity contribution in [3.8, 4) is 67.3 Å². The molecule has 0 N–H and O–H groups in total. The number of rotatable bonds is 6. The summed E-state index contributed by atoms with van der Waals surface area (Å²) in [5.41, 5.74) is 12.1. The molecule has 1 aromatic heterocycles. The van der Waals surface area contributed by atoms with Gasteiger partial charge in [-0.15, -0.1) is 0 Å². The Morgan fingerprint density at radius 1 is 0.224 bits per heavy atom. The van der Waals surface area contributed by atoms with Crippen molar-refractivity contribution in [3.05, 3.63) is 218 Å². The van der Waals surface area contributed by atoms with Crippen LogP contribution in [-0.2, 0) is 0 Å². The van der Waals surface area contributed by atoms with Gasteiger partial charge in [0.1, 0.15) is 0 Å². The molecule has 270 valence electrons. The van der Waals surface area contributed by atoms with E-state index in [9.17, 15) is 0 Å². The third-order valence-electron chi connectivity index (χ3n) is 11.4. The molecule has 1 heterocycles. The van der Waals surface area contributed by atoms with Crippen LogP contribution in [0.1, 0.15) is 0 Å². The summed E-state index contributed by atoms with van der Waals surface area (Å²) in [5, 5.41) is 10.1. The summed E-state index contributed by atoms with van der Waals surface area (Å²) in [7, 11) is 0. The topological polar surface area (TPSA) is 25.8 Å². The van der Waals surface area contributed by atoms with E-state index >= 15 is 0 Å². The molecular formula is C56H36N2. The van der Waals surface area contributed by atoms with Crippen molar-refractivity contribution < 1.29 is 0 Å². The molecule has 58 heavy (non-hydrogen) atoms. The van der Waals surface area contributed by atoms with Crippen LogP contribution in [-0.4, -0.2) is 9.97 Å². The van der Waals surface area contributed by atoms with Gasteiger partial charge in [0.25, 0.3) is 0 Å². The van der Waals surface area contributed by atoms with Crippen molar-refractivity contribution >= 4 is 43.1 Å². The molecule has 0 aliphatic heterocycles. The van der Waals surface area contributed by atoms with Crippen molar-refractivity contribution in [1.29, 1.82) is 0 Å². The van der Waals surface area contributed by atoms with Gasteiger partial charge in [-0.1, -0.05) is 188 Å². The Labute approximate surface area is 337 Å². The first-order valence-electron chi connectivity index (χ1n) is 19.8. The highest BCUT2D eigenvalue weighted by atomic mass is 14.9. The molecule has 0 aliphatic carbocycles. The average Bonchev–Trinajstić information content (AvgIpc) is 3.31. The van der Waals surface area contributed by atoms with Crippen LogP contribution in [0.4, 0.5) is 0 Å². The fourth-order valence-electron chi connectivity index (χ4n) is 8.49. The lowest BCUT2D eigenvalue weighted by atomic mass is 9.89. The maximum absolute atomic E-state index is 5.10. The van der Waals surface area contributed by atoms with Crippen molar-refractivity contribution in [2.24, 2.45) is 0 Å². The first kappa shape index (κ1) is 33.6. The van der Waals surface area contributed by atoms with Crippen LogP contribution >= 0.6 is 0 Å². The number of aromatic nitrogens is 2. The van der Waals surface area contributed by atoms with Gasteiger partial charge in [0.2, 0.25) is 0 Å². The monoisotopic (exact) mass is 736 g/mol. The zero-order chi connectivity index (χ0) is 38.4. The Morgan fingerprint density at radius 2 is 0.741 bits per heavy atom. The Morgan fingerprint density at radius 3 is 1.52 bits per heavy atom. The van der Waals surface area contributed by atoms with Crippen LogP contribution in [0.5, 0.6) is 0 Å². The number of hydrogen-bond acceptors (Lipinski definition) is 2. The molecule has 2 heteroatoms. The normalized spacial score (nSPS) is 11.4. The molecule has 0 saturated heterocycles. The summed E-state index contributed by atoms with van der Waals surface area (Å²) in [6, 6.07) is 78.3. The van der Waals surface area contributed by atoms with Crippen molar-refractivity contribution in [3.63, 3.8) is 0 Å². The first-order chi connectivity index (χ1) is 28.7. The van der Waals surface area contributed by atoms with Gasteiger partial charge in [0.15, 0.2) is 5.82 Å². The minimum absolute atomic E-state index is 0.709. The smallest absolute Gasteiger partial charge is 0.160 e. The van der Waals surface area contributed by atoms with Gasteiger partial charge < -0.3 is 0 Å². The second-order valence-corrected chi connectivity index (χ2v) is 15.0. The highest BCUT2D eigenvalue weighted by Gasteiger charge is 2.15. The van der Waals surface area contributed by atoms with Crippen LogP contribution < -0.4 is 0 Å². The standard InChI is InChI=1S/C56H36N2/c1-3-12-37(13-4-1)42-18-11-19-47(33-42)54-36-53(57-56(58-54)41-15-5-2-6-16-41)40-24-22-38(23-25-40)43-26-27-45-34-48(29-28-44(45)32-43)55-50-21-10-8-17-46(50)35-52-49-20-9-7-14-39(49)30-31-51(52)55/h1-36H. The van der Waals surface area contributed by atoms with E-state index in [-0.39, 0.29) is 0 Å². The third kappa shape index (κ3) is 6.09. The molecule has 0 bridgehead atoms. The molecule has 0 radical (unpaired) electrons. The molecule has 11 aromatic rings. The largest absolute Gasteiger partial charge is 0.228 e. The van der Waals surface area contributed by atoms with E-state index in [2.05, 4.69) is 194 Å². The van der Waals surface area contributed by atoms with E-state index in [0.29, 0.717) is 5.82 Å².